The number of esters is 2. The van der Waals surface area contributed by atoms with Gasteiger partial charge in [0, 0.05) is 11.8 Å². The fourth-order valence-corrected chi connectivity index (χ4v) is 2.26. The monoisotopic (exact) mass is 371 g/mol. The maximum Gasteiger partial charge on any atom is 0.351 e. The largest absolute Gasteiger partial charge is 0.454 e. The van der Waals surface area contributed by atoms with Gasteiger partial charge in [0.15, 0.2) is 25.1 Å². The third kappa shape index (κ3) is 4.24. The summed E-state index contributed by atoms with van der Waals surface area (Å²) in [6, 6.07) is 1.27. The van der Waals surface area contributed by atoms with Crippen molar-refractivity contribution in [3.8, 4) is 0 Å². The predicted molar refractivity (Wildman–Crippen MR) is 84.5 cm³/mol. The third-order valence-electron chi connectivity index (χ3n) is 3.51. The van der Waals surface area contributed by atoms with Crippen LogP contribution in [0.25, 0.3) is 0 Å². The fraction of sp³-hybridized carbons (Fsp3) is 0.467. The van der Waals surface area contributed by atoms with Crippen molar-refractivity contribution in [2.45, 2.75) is 31.5 Å². The lowest BCUT2D eigenvalue weighted by Crippen LogP contribution is -2.38. The van der Waals surface area contributed by atoms with Gasteiger partial charge in [-0.25, -0.2) is 18.8 Å². The SMILES string of the molecule is C=C(C)C(=O)OCC(=O)OC1C(F)[C@H](n2ccc(N)nc2=O)O[C@@H]1CO. The normalized spacial score (nSPS) is 24.9. The molecule has 11 heteroatoms. The third-order valence-corrected chi connectivity index (χ3v) is 3.51. The van der Waals surface area contributed by atoms with E-state index in [4.69, 9.17) is 15.2 Å². The number of carbonyl (C=O) groups is 2. The van der Waals surface area contributed by atoms with E-state index in [0.29, 0.717) is 0 Å². The van der Waals surface area contributed by atoms with E-state index in [0.717, 1.165) is 4.57 Å². The van der Waals surface area contributed by atoms with E-state index in [-0.39, 0.29) is 11.4 Å². The zero-order valence-electron chi connectivity index (χ0n) is 13.8. The van der Waals surface area contributed by atoms with Crippen LogP contribution in [0.2, 0.25) is 0 Å². The molecule has 4 atom stereocenters. The van der Waals surface area contributed by atoms with Gasteiger partial charge in [-0.2, -0.15) is 4.98 Å². The van der Waals surface area contributed by atoms with Crippen molar-refractivity contribution in [3.05, 3.63) is 34.9 Å². The van der Waals surface area contributed by atoms with E-state index in [9.17, 15) is 23.9 Å². The number of nitrogens with zero attached hydrogens (tertiary/aromatic N) is 2. The lowest BCUT2D eigenvalue weighted by Gasteiger charge is -2.18. The van der Waals surface area contributed by atoms with Crippen LogP contribution >= 0.6 is 0 Å². The second kappa shape index (κ2) is 8.06. The van der Waals surface area contributed by atoms with Crippen LogP contribution in [0, 0.1) is 0 Å². The predicted octanol–water partition coefficient (Wildman–Crippen LogP) is -0.916. The minimum atomic E-state index is -1.98. The smallest absolute Gasteiger partial charge is 0.351 e. The van der Waals surface area contributed by atoms with Crippen molar-refractivity contribution in [1.29, 1.82) is 0 Å². The molecule has 1 aliphatic rings. The molecule has 0 radical (unpaired) electrons. The lowest BCUT2D eigenvalue weighted by molar-refractivity contribution is -0.164. The number of aliphatic hydroxyl groups is 1. The van der Waals surface area contributed by atoms with Crippen LogP contribution in [0.4, 0.5) is 10.2 Å². The molecular formula is C15H18FN3O7. The van der Waals surface area contributed by atoms with E-state index in [1.165, 1.54) is 19.2 Å². The van der Waals surface area contributed by atoms with E-state index in [1.54, 1.807) is 0 Å². The first-order valence-electron chi connectivity index (χ1n) is 7.51. The van der Waals surface area contributed by atoms with Gasteiger partial charge < -0.3 is 25.1 Å². The van der Waals surface area contributed by atoms with Crippen molar-refractivity contribution in [2.24, 2.45) is 0 Å². The van der Waals surface area contributed by atoms with Gasteiger partial charge in [-0.3, -0.25) is 4.57 Å². The number of carbonyl (C=O) groups excluding carboxylic acids is 2. The molecule has 1 saturated heterocycles. The van der Waals surface area contributed by atoms with Crippen molar-refractivity contribution in [3.63, 3.8) is 0 Å². The number of nitrogen functional groups attached to an aromatic ring is 1. The van der Waals surface area contributed by atoms with Crippen LogP contribution in [0.15, 0.2) is 29.2 Å². The van der Waals surface area contributed by atoms with Gasteiger partial charge in [0.2, 0.25) is 0 Å². The number of ether oxygens (including phenoxy) is 3. The number of aromatic nitrogens is 2. The summed E-state index contributed by atoms with van der Waals surface area (Å²) < 4.78 is 30.3. The standard InChI is InChI=1S/C15H18FN3O7/c1-7(2)14(22)24-6-10(21)26-12-8(5-20)25-13(11(12)16)19-4-3-9(17)18-15(19)23/h3-4,8,11-13,20H,1,5-6H2,2H3,(H2,17,18,23)/t8-,11?,12?,13-/m1/s1. The Balaban J connectivity index is 2.08. The Bertz CT molecular complexity index is 766. The van der Waals surface area contributed by atoms with Gasteiger partial charge in [-0.1, -0.05) is 6.58 Å². The molecule has 142 valence electrons. The molecule has 2 rings (SSSR count). The highest BCUT2D eigenvalue weighted by Crippen LogP contribution is 2.33. The van der Waals surface area contributed by atoms with Crippen LogP contribution in [-0.2, 0) is 23.8 Å². The Labute approximate surface area is 147 Å². The summed E-state index contributed by atoms with van der Waals surface area (Å²) in [6.07, 6.45) is -5.00. The van der Waals surface area contributed by atoms with E-state index < -0.39 is 55.4 Å². The number of rotatable bonds is 6. The molecule has 0 spiro atoms. The summed E-state index contributed by atoms with van der Waals surface area (Å²) in [4.78, 5) is 38.3. The second-order valence-electron chi connectivity index (χ2n) is 5.55. The number of alkyl halides is 1. The number of aliphatic hydroxyl groups excluding tert-OH is 1. The van der Waals surface area contributed by atoms with Crippen LogP contribution in [-0.4, -0.2) is 58.2 Å². The van der Waals surface area contributed by atoms with Crippen LogP contribution in [0.1, 0.15) is 13.2 Å². The molecule has 0 amide bonds. The Hall–Kier alpha value is -2.79. The first-order chi connectivity index (χ1) is 12.2. The molecule has 26 heavy (non-hydrogen) atoms. The first kappa shape index (κ1) is 19.5. The van der Waals surface area contributed by atoms with Crippen molar-refractivity contribution in [2.75, 3.05) is 18.9 Å². The molecule has 2 heterocycles. The molecule has 0 saturated carbocycles. The average Bonchev–Trinajstić information content (AvgIpc) is 2.88. The number of anilines is 1. The highest BCUT2D eigenvalue weighted by molar-refractivity contribution is 5.88. The second-order valence-corrected chi connectivity index (χ2v) is 5.55. The van der Waals surface area contributed by atoms with Crippen molar-refractivity contribution in [1.82, 2.24) is 9.55 Å². The first-order valence-corrected chi connectivity index (χ1v) is 7.51. The van der Waals surface area contributed by atoms with Gasteiger partial charge in [-0.15, -0.1) is 0 Å². The number of nitrogens with two attached hydrogens (primary N) is 1. The molecule has 1 aromatic heterocycles. The maximum atomic E-state index is 14.7. The molecule has 0 aliphatic carbocycles. The van der Waals surface area contributed by atoms with Crippen molar-refractivity contribution >= 4 is 17.8 Å². The van der Waals surface area contributed by atoms with Crippen molar-refractivity contribution < 1.29 is 33.3 Å². The topological polar surface area (TPSA) is 143 Å². The molecule has 1 aromatic rings. The number of halogens is 1. The molecule has 0 bridgehead atoms. The lowest BCUT2D eigenvalue weighted by atomic mass is 10.1. The molecule has 3 N–H and O–H groups in total. The highest BCUT2D eigenvalue weighted by atomic mass is 19.1. The summed E-state index contributed by atoms with van der Waals surface area (Å²) in [5.74, 6) is -1.91. The fourth-order valence-electron chi connectivity index (χ4n) is 2.26. The van der Waals surface area contributed by atoms with Gasteiger partial charge in [0.25, 0.3) is 0 Å². The summed E-state index contributed by atoms with van der Waals surface area (Å²) in [6.45, 7) is 3.30. The quantitative estimate of drug-likeness (QED) is 0.479. The van der Waals surface area contributed by atoms with Crippen LogP contribution in [0.5, 0.6) is 0 Å². The van der Waals surface area contributed by atoms with E-state index in [2.05, 4.69) is 16.3 Å². The zero-order chi connectivity index (χ0) is 19.4. The number of hydrogen-bond donors (Lipinski definition) is 2. The summed E-state index contributed by atoms with van der Waals surface area (Å²) in [5, 5.41) is 9.33. The molecule has 2 unspecified atom stereocenters. The van der Waals surface area contributed by atoms with Gasteiger partial charge in [0.1, 0.15) is 11.9 Å². The molecule has 1 aliphatic heterocycles. The Morgan fingerprint density at radius 2 is 2.23 bits per heavy atom. The Kier molecular flexibility index (Phi) is 6.05. The summed E-state index contributed by atoms with van der Waals surface area (Å²) in [7, 11) is 0. The zero-order valence-corrected chi connectivity index (χ0v) is 13.8. The average molecular weight is 371 g/mol. The minimum Gasteiger partial charge on any atom is -0.454 e. The van der Waals surface area contributed by atoms with E-state index >= 15 is 0 Å². The molecule has 10 nitrogen and oxygen atoms in total. The van der Waals surface area contributed by atoms with E-state index in [1.807, 2.05) is 0 Å². The van der Waals surface area contributed by atoms with Gasteiger partial charge in [-0.05, 0) is 13.0 Å². The van der Waals surface area contributed by atoms with Crippen LogP contribution < -0.4 is 11.4 Å². The molecule has 0 aromatic carbocycles. The Morgan fingerprint density at radius 1 is 1.54 bits per heavy atom. The summed E-state index contributed by atoms with van der Waals surface area (Å²) >= 11 is 0. The van der Waals surface area contributed by atoms with Gasteiger partial charge >= 0.3 is 17.6 Å². The molecular weight excluding hydrogens is 353 g/mol. The minimum absolute atomic E-state index is 0.0549. The van der Waals surface area contributed by atoms with Crippen LogP contribution in [0.3, 0.4) is 0 Å². The summed E-state index contributed by atoms with van der Waals surface area (Å²) in [5.41, 5.74) is 4.58. The maximum absolute atomic E-state index is 14.7. The highest BCUT2D eigenvalue weighted by Gasteiger charge is 2.48. The number of hydrogen-bond acceptors (Lipinski definition) is 9. The molecule has 1 fully saturated rings. The Morgan fingerprint density at radius 3 is 2.81 bits per heavy atom. The van der Waals surface area contributed by atoms with Gasteiger partial charge in [0.05, 0.1) is 6.61 Å².